The van der Waals surface area contributed by atoms with Gasteiger partial charge in [-0.3, -0.25) is 0 Å². The number of ether oxygens (including phenoxy) is 1. The summed E-state index contributed by atoms with van der Waals surface area (Å²) in [5.41, 5.74) is 3.26. The van der Waals surface area contributed by atoms with Crippen LogP contribution < -0.4 is 10.2 Å². The monoisotopic (exact) mass is 445 g/mol. The predicted molar refractivity (Wildman–Crippen MR) is 129 cm³/mol. The molecule has 1 saturated heterocycles. The van der Waals surface area contributed by atoms with E-state index in [-0.39, 0.29) is 12.1 Å². The van der Waals surface area contributed by atoms with Crippen molar-refractivity contribution in [1.82, 2.24) is 14.9 Å². The van der Waals surface area contributed by atoms with E-state index in [1.165, 1.54) is 0 Å². The van der Waals surface area contributed by atoms with Crippen molar-refractivity contribution in [3.05, 3.63) is 59.7 Å². The third-order valence-corrected chi connectivity index (χ3v) is 5.82. The fraction of sp³-hybridized carbons (Fsp3) is 0.423. The second kappa shape index (κ2) is 9.53. The molecule has 0 radical (unpaired) electrons. The molecule has 1 amide bonds. The highest BCUT2D eigenvalue weighted by Gasteiger charge is 2.28. The van der Waals surface area contributed by atoms with Crippen molar-refractivity contribution < 1.29 is 9.53 Å². The molecule has 33 heavy (non-hydrogen) atoms. The summed E-state index contributed by atoms with van der Waals surface area (Å²) in [5.74, 6) is 0.913. The Labute approximate surface area is 195 Å². The number of hydrogen-bond acceptors (Lipinski definition) is 5. The summed E-state index contributed by atoms with van der Waals surface area (Å²) in [6, 6.07) is 18.2. The van der Waals surface area contributed by atoms with E-state index in [9.17, 15) is 4.79 Å². The van der Waals surface area contributed by atoms with Crippen LogP contribution in [0.3, 0.4) is 0 Å². The van der Waals surface area contributed by atoms with Crippen molar-refractivity contribution in [2.75, 3.05) is 18.0 Å². The summed E-state index contributed by atoms with van der Waals surface area (Å²) < 4.78 is 7.67. The molecule has 2 heterocycles. The molecule has 1 atom stereocenters. The van der Waals surface area contributed by atoms with Gasteiger partial charge in [-0.15, -0.1) is 0 Å². The molecule has 0 saturated carbocycles. The van der Waals surface area contributed by atoms with Crippen molar-refractivity contribution >= 4 is 23.1 Å². The third kappa shape index (κ3) is 5.46. The van der Waals surface area contributed by atoms with Crippen LogP contribution in [0.25, 0.3) is 11.0 Å². The van der Waals surface area contributed by atoms with Gasteiger partial charge in [-0.05, 0) is 69.9 Å². The van der Waals surface area contributed by atoms with Gasteiger partial charge in [0.05, 0.1) is 29.2 Å². The number of rotatable bonds is 5. The van der Waals surface area contributed by atoms with Gasteiger partial charge < -0.3 is 19.5 Å². The molecule has 0 aliphatic carbocycles. The molecule has 1 aliphatic heterocycles. The lowest BCUT2D eigenvalue weighted by atomic mass is 10.0. The molecule has 0 spiro atoms. The van der Waals surface area contributed by atoms with E-state index in [1.807, 2.05) is 63.2 Å². The smallest absolute Gasteiger partial charge is 0.407 e. The van der Waals surface area contributed by atoms with Crippen LogP contribution in [-0.4, -0.2) is 40.4 Å². The number of imidazole rings is 1. The number of amides is 1. The van der Waals surface area contributed by atoms with Gasteiger partial charge in [0, 0.05) is 19.1 Å². The van der Waals surface area contributed by atoms with E-state index in [2.05, 4.69) is 26.9 Å². The van der Waals surface area contributed by atoms with Gasteiger partial charge in [0.1, 0.15) is 5.60 Å². The molecule has 7 heteroatoms. The minimum atomic E-state index is -0.522. The number of para-hydroxylation sites is 2. The second-order valence-corrected chi connectivity index (χ2v) is 9.52. The first kappa shape index (κ1) is 22.7. The Bertz CT molecular complexity index is 1150. The minimum absolute atomic E-state index is 0.141. The molecule has 3 aromatic rings. The largest absolute Gasteiger partial charge is 0.444 e. The number of nitrogens with one attached hydrogen (secondary N) is 1. The van der Waals surface area contributed by atoms with Gasteiger partial charge in [-0.1, -0.05) is 24.3 Å². The van der Waals surface area contributed by atoms with Gasteiger partial charge in [0.15, 0.2) is 0 Å². The first-order valence-electron chi connectivity index (χ1n) is 11.5. The summed E-state index contributed by atoms with van der Waals surface area (Å²) in [7, 11) is 0. The maximum Gasteiger partial charge on any atom is 0.407 e. The van der Waals surface area contributed by atoms with E-state index in [0.29, 0.717) is 18.7 Å². The third-order valence-electron chi connectivity index (χ3n) is 5.82. The van der Waals surface area contributed by atoms with Crippen molar-refractivity contribution in [3.63, 3.8) is 0 Å². The SMILES string of the molecule is CC(C)(C)OC(=O)NC[C@@H]1CCCCN1c1nc2ccccc2n1Cc1ccc(C#N)cc1. The average molecular weight is 446 g/mol. The lowest BCUT2D eigenvalue weighted by Gasteiger charge is -2.37. The van der Waals surface area contributed by atoms with Crippen molar-refractivity contribution in [1.29, 1.82) is 5.26 Å². The van der Waals surface area contributed by atoms with Crippen molar-refractivity contribution in [2.24, 2.45) is 0 Å². The quantitative estimate of drug-likeness (QED) is 0.608. The number of carbonyl (C=O) groups excluding carboxylic acids is 1. The normalized spacial score (nSPS) is 16.4. The maximum atomic E-state index is 12.3. The molecule has 4 rings (SSSR count). The number of hydrogen-bond donors (Lipinski definition) is 1. The molecule has 172 valence electrons. The summed E-state index contributed by atoms with van der Waals surface area (Å²) in [4.78, 5) is 19.6. The zero-order valence-corrected chi connectivity index (χ0v) is 19.5. The molecule has 0 unspecified atom stereocenters. The fourth-order valence-electron chi connectivity index (χ4n) is 4.30. The zero-order chi connectivity index (χ0) is 23.4. The van der Waals surface area contributed by atoms with Gasteiger partial charge in [-0.2, -0.15) is 5.26 Å². The first-order valence-corrected chi connectivity index (χ1v) is 11.5. The number of piperidine rings is 1. The number of fused-ring (bicyclic) bond motifs is 1. The van der Waals surface area contributed by atoms with Crippen LogP contribution in [0.4, 0.5) is 10.7 Å². The van der Waals surface area contributed by atoms with E-state index in [0.717, 1.165) is 48.4 Å². The highest BCUT2D eigenvalue weighted by Crippen LogP contribution is 2.29. The number of nitrogens with zero attached hydrogens (tertiary/aromatic N) is 4. The predicted octanol–water partition coefficient (Wildman–Crippen LogP) is 4.84. The molecule has 2 aromatic carbocycles. The Morgan fingerprint density at radius 1 is 1.18 bits per heavy atom. The zero-order valence-electron chi connectivity index (χ0n) is 19.5. The highest BCUT2D eigenvalue weighted by molar-refractivity contribution is 5.79. The van der Waals surface area contributed by atoms with Crippen molar-refractivity contribution in [3.8, 4) is 6.07 Å². The lowest BCUT2D eigenvalue weighted by Crippen LogP contribution is -2.48. The molecule has 1 aromatic heterocycles. The van der Waals surface area contributed by atoms with Crippen LogP contribution in [0.1, 0.15) is 51.2 Å². The van der Waals surface area contributed by atoms with E-state index in [4.69, 9.17) is 15.0 Å². The number of aromatic nitrogens is 2. The van der Waals surface area contributed by atoms with Gasteiger partial charge in [0.25, 0.3) is 0 Å². The molecule has 1 N–H and O–H groups in total. The Balaban J connectivity index is 1.61. The number of nitriles is 1. The fourth-order valence-corrected chi connectivity index (χ4v) is 4.30. The van der Waals surface area contributed by atoms with E-state index in [1.54, 1.807) is 0 Å². The molecule has 1 aliphatic rings. The summed E-state index contributed by atoms with van der Waals surface area (Å²) in [6.45, 7) is 7.65. The number of alkyl carbamates (subject to hydrolysis) is 1. The van der Waals surface area contributed by atoms with Crippen LogP contribution in [0.2, 0.25) is 0 Å². The lowest BCUT2D eigenvalue weighted by molar-refractivity contribution is 0.0522. The van der Waals surface area contributed by atoms with Crippen LogP contribution in [-0.2, 0) is 11.3 Å². The topological polar surface area (TPSA) is 83.2 Å². The summed E-state index contributed by atoms with van der Waals surface area (Å²) in [6.07, 6.45) is 2.80. The Morgan fingerprint density at radius 2 is 1.94 bits per heavy atom. The van der Waals surface area contributed by atoms with Gasteiger partial charge in [0.2, 0.25) is 5.95 Å². The van der Waals surface area contributed by atoms with Crippen LogP contribution >= 0.6 is 0 Å². The Hall–Kier alpha value is -3.53. The van der Waals surface area contributed by atoms with Crippen LogP contribution in [0.5, 0.6) is 0 Å². The highest BCUT2D eigenvalue weighted by atomic mass is 16.6. The first-order chi connectivity index (χ1) is 15.8. The molecule has 7 nitrogen and oxygen atoms in total. The van der Waals surface area contributed by atoms with Gasteiger partial charge in [-0.25, -0.2) is 9.78 Å². The Morgan fingerprint density at radius 3 is 2.67 bits per heavy atom. The summed E-state index contributed by atoms with van der Waals surface area (Å²) >= 11 is 0. The molecule has 0 bridgehead atoms. The standard InChI is InChI=1S/C26H31N5O2/c1-26(2,3)33-25(32)28-17-21-8-6-7-15-30(21)24-29-22-9-4-5-10-23(22)31(24)18-20-13-11-19(16-27)12-14-20/h4-5,9-14,21H,6-8,15,17-18H2,1-3H3,(H,28,32)/t21-/m0/s1. The molecule has 1 fully saturated rings. The average Bonchev–Trinajstić information content (AvgIpc) is 3.15. The minimum Gasteiger partial charge on any atom is -0.444 e. The van der Waals surface area contributed by atoms with Crippen LogP contribution in [0.15, 0.2) is 48.5 Å². The maximum absolute atomic E-state index is 12.3. The number of benzene rings is 2. The Kier molecular flexibility index (Phi) is 6.55. The number of anilines is 1. The van der Waals surface area contributed by atoms with Crippen LogP contribution in [0, 0.1) is 11.3 Å². The second-order valence-electron chi connectivity index (χ2n) is 9.52. The van der Waals surface area contributed by atoms with E-state index < -0.39 is 5.60 Å². The summed E-state index contributed by atoms with van der Waals surface area (Å²) in [5, 5.41) is 12.1. The van der Waals surface area contributed by atoms with Gasteiger partial charge >= 0.3 is 6.09 Å². The van der Waals surface area contributed by atoms with Crippen molar-refractivity contribution in [2.45, 2.75) is 58.2 Å². The molecular formula is C26H31N5O2. The number of carbonyl (C=O) groups is 1. The molecular weight excluding hydrogens is 414 g/mol. The van der Waals surface area contributed by atoms with E-state index >= 15 is 0 Å².